The summed E-state index contributed by atoms with van der Waals surface area (Å²) in [5.74, 6) is 0.138. The van der Waals surface area contributed by atoms with Gasteiger partial charge < -0.3 is 4.57 Å². The molecular weight excluding hydrogens is 348 g/mol. The summed E-state index contributed by atoms with van der Waals surface area (Å²) >= 11 is 0. The van der Waals surface area contributed by atoms with Crippen molar-refractivity contribution in [1.82, 2.24) is 14.5 Å². The molecule has 3 heterocycles. The van der Waals surface area contributed by atoms with Crippen LogP contribution in [0.1, 0.15) is 41.0 Å². The standard InChI is InChI=1S/C23H24N4O/c1-16-7-12-20-23(25-16)22(21(28)15-26-13-5-4-6-14-26)17(2)27(20)19-10-8-18(24-3)9-11-19/h7-12H,4-6,13-15H2,1-2H3. The Balaban J connectivity index is 1.81. The van der Waals surface area contributed by atoms with Crippen molar-refractivity contribution in [1.29, 1.82) is 0 Å². The van der Waals surface area contributed by atoms with E-state index in [1.54, 1.807) is 0 Å². The van der Waals surface area contributed by atoms with Crippen LogP contribution in [0.5, 0.6) is 0 Å². The summed E-state index contributed by atoms with van der Waals surface area (Å²) < 4.78 is 2.08. The number of likely N-dealkylation sites (tertiary alicyclic amines) is 1. The molecule has 0 bridgehead atoms. The molecule has 1 saturated heterocycles. The summed E-state index contributed by atoms with van der Waals surface area (Å²) in [6.45, 7) is 13.5. The molecule has 0 atom stereocenters. The molecule has 0 saturated carbocycles. The molecule has 0 aliphatic carbocycles. The molecule has 1 aliphatic rings. The Kier molecular flexibility index (Phi) is 4.97. The van der Waals surface area contributed by atoms with Crippen LogP contribution in [0.4, 0.5) is 5.69 Å². The third-order valence-electron chi connectivity index (χ3n) is 5.52. The molecular formula is C23H24N4O. The zero-order chi connectivity index (χ0) is 19.7. The zero-order valence-corrected chi connectivity index (χ0v) is 16.4. The van der Waals surface area contributed by atoms with E-state index in [0.717, 1.165) is 46.8 Å². The minimum atomic E-state index is 0.138. The lowest BCUT2D eigenvalue weighted by Gasteiger charge is -2.25. The van der Waals surface area contributed by atoms with E-state index in [1.807, 2.05) is 50.2 Å². The Morgan fingerprint density at radius 3 is 2.46 bits per heavy atom. The highest BCUT2D eigenvalue weighted by Gasteiger charge is 2.24. The first-order valence-electron chi connectivity index (χ1n) is 9.80. The second-order valence-electron chi connectivity index (χ2n) is 7.50. The Labute approximate surface area is 165 Å². The fourth-order valence-electron chi connectivity index (χ4n) is 4.12. The van der Waals surface area contributed by atoms with Gasteiger partial charge in [-0.25, -0.2) is 4.85 Å². The molecule has 5 heteroatoms. The van der Waals surface area contributed by atoms with Crippen LogP contribution in [0, 0.1) is 20.4 Å². The van der Waals surface area contributed by atoms with Gasteiger partial charge in [-0.05, 0) is 64.0 Å². The highest BCUT2D eigenvalue weighted by atomic mass is 16.1. The summed E-state index contributed by atoms with van der Waals surface area (Å²) in [4.78, 5) is 23.7. The van der Waals surface area contributed by atoms with Crippen LogP contribution in [0.15, 0.2) is 36.4 Å². The number of pyridine rings is 1. The fourth-order valence-corrected chi connectivity index (χ4v) is 4.12. The van der Waals surface area contributed by atoms with Gasteiger partial charge in [0.25, 0.3) is 0 Å². The number of hydrogen-bond donors (Lipinski definition) is 0. The van der Waals surface area contributed by atoms with Crippen molar-refractivity contribution >= 4 is 22.5 Å². The molecule has 1 fully saturated rings. The first-order chi connectivity index (χ1) is 13.6. The van der Waals surface area contributed by atoms with E-state index in [9.17, 15) is 4.79 Å². The summed E-state index contributed by atoms with van der Waals surface area (Å²) in [6, 6.07) is 11.5. The van der Waals surface area contributed by atoms with Crippen LogP contribution in [0.25, 0.3) is 21.6 Å². The van der Waals surface area contributed by atoms with Crippen LogP contribution in [-0.2, 0) is 0 Å². The van der Waals surface area contributed by atoms with E-state index >= 15 is 0 Å². The van der Waals surface area contributed by atoms with Crippen LogP contribution >= 0.6 is 0 Å². The molecule has 4 rings (SSSR count). The van der Waals surface area contributed by atoms with Gasteiger partial charge in [-0.1, -0.05) is 18.6 Å². The summed E-state index contributed by atoms with van der Waals surface area (Å²) in [6.07, 6.45) is 3.59. The van der Waals surface area contributed by atoms with Crippen molar-refractivity contribution in [2.24, 2.45) is 0 Å². The van der Waals surface area contributed by atoms with Gasteiger partial charge >= 0.3 is 0 Å². The maximum atomic E-state index is 13.3. The Bertz CT molecular complexity index is 1070. The van der Waals surface area contributed by atoms with Crippen molar-refractivity contribution in [3.8, 4) is 5.69 Å². The van der Waals surface area contributed by atoms with Crippen molar-refractivity contribution < 1.29 is 4.79 Å². The highest BCUT2D eigenvalue weighted by molar-refractivity contribution is 6.09. The lowest BCUT2D eigenvalue weighted by Crippen LogP contribution is -2.34. The number of piperidine rings is 1. The largest absolute Gasteiger partial charge is 0.312 e. The number of carbonyl (C=O) groups excluding carboxylic acids is 1. The molecule has 142 valence electrons. The smallest absolute Gasteiger partial charge is 0.187 e. The average molecular weight is 372 g/mol. The second kappa shape index (κ2) is 7.57. The maximum Gasteiger partial charge on any atom is 0.187 e. The van der Waals surface area contributed by atoms with Gasteiger partial charge in [-0.2, -0.15) is 0 Å². The maximum absolute atomic E-state index is 13.3. The molecule has 0 N–H and O–H groups in total. The van der Waals surface area contributed by atoms with E-state index < -0.39 is 0 Å². The van der Waals surface area contributed by atoms with E-state index in [2.05, 4.69) is 14.3 Å². The number of hydrogen-bond acceptors (Lipinski definition) is 3. The fraction of sp³-hybridized carbons (Fsp3) is 0.348. The first-order valence-corrected chi connectivity index (χ1v) is 9.80. The van der Waals surface area contributed by atoms with Gasteiger partial charge in [0, 0.05) is 17.1 Å². The van der Waals surface area contributed by atoms with Crippen LogP contribution in [0.3, 0.4) is 0 Å². The molecule has 5 nitrogen and oxygen atoms in total. The van der Waals surface area contributed by atoms with E-state index in [4.69, 9.17) is 11.6 Å². The number of aromatic nitrogens is 2. The SMILES string of the molecule is [C-]#[N+]c1ccc(-n2c(C)c(C(=O)CN3CCCCC3)c3nc(C)ccc32)cc1. The van der Waals surface area contributed by atoms with Gasteiger partial charge in [0.05, 0.1) is 29.7 Å². The highest BCUT2D eigenvalue weighted by Crippen LogP contribution is 2.30. The van der Waals surface area contributed by atoms with Gasteiger partial charge in [0.1, 0.15) is 0 Å². The topological polar surface area (TPSA) is 42.5 Å². The molecule has 0 unspecified atom stereocenters. The molecule has 0 spiro atoms. The normalized spacial score (nSPS) is 14.9. The van der Waals surface area contributed by atoms with Crippen molar-refractivity contribution in [3.05, 3.63) is 64.8 Å². The average Bonchev–Trinajstić information content (AvgIpc) is 3.00. The Hall–Kier alpha value is -2.97. The van der Waals surface area contributed by atoms with Crippen molar-refractivity contribution in [3.63, 3.8) is 0 Å². The Morgan fingerprint density at radius 2 is 1.79 bits per heavy atom. The number of benzene rings is 1. The molecule has 3 aromatic rings. The second-order valence-corrected chi connectivity index (χ2v) is 7.50. The van der Waals surface area contributed by atoms with Gasteiger partial charge in [-0.15, -0.1) is 0 Å². The summed E-state index contributed by atoms with van der Waals surface area (Å²) in [7, 11) is 0. The van der Waals surface area contributed by atoms with Crippen molar-refractivity contribution in [2.45, 2.75) is 33.1 Å². The van der Waals surface area contributed by atoms with Gasteiger partial charge in [0.2, 0.25) is 0 Å². The van der Waals surface area contributed by atoms with Crippen LogP contribution in [0.2, 0.25) is 0 Å². The predicted molar refractivity (Wildman–Crippen MR) is 111 cm³/mol. The minimum absolute atomic E-state index is 0.138. The van der Waals surface area contributed by atoms with Gasteiger partial charge in [0.15, 0.2) is 11.5 Å². The van der Waals surface area contributed by atoms with E-state index in [-0.39, 0.29) is 5.78 Å². The van der Waals surface area contributed by atoms with E-state index in [0.29, 0.717) is 12.2 Å². The number of aryl methyl sites for hydroxylation is 1. The van der Waals surface area contributed by atoms with E-state index in [1.165, 1.54) is 19.3 Å². The molecule has 28 heavy (non-hydrogen) atoms. The molecule has 1 aromatic carbocycles. The quantitative estimate of drug-likeness (QED) is 0.485. The number of carbonyl (C=O) groups is 1. The number of Topliss-reactive ketones (excluding diaryl/α,β-unsaturated/α-hetero) is 1. The number of fused-ring (bicyclic) bond motifs is 1. The Morgan fingerprint density at radius 1 is 1.07 bits per heavy atom. The van der Waals surface area contributed by atoms with Crippen LogP contribution in [-0.4, -0.2) is 39.9 Å². The molecule has 2 aromatic heterocycles. The lowest BCUT2D eigenvalue weighted by atomic mass is 10.1. The third kappa shape index (κ3) is 3.32. The van der Waals surface area contributed by atoms with Crippen molar-refractivity contribution in [2.75, 3.05) is 19.6 Å². The minimum Gasteiger partial charge on any atom is -0.312 e. The molecule has 0 amide bonds. The van der Waals surface area contributed by atoms with Crippen LogP contribution < -0.4 is 0 Å². The third-order valence-corrected chi connectivity index (χ3v) is 5.52. The number of rotatable bonds is 4. The first kappa shape index (κ1) is 18.4. The summed E-state index contributed by atoms with van der Waals surface area (Å²) in [5, 5.41) is 0. The molecule has 1 aliphatic heterocycles. The molecule has 0 radical (unpaired) electrons. The monoisotopic (exact) mass is 372 g/mol. The lowest BCUT2D eigenvalue weighted by molar-refractivity contribution is 0.0916. The van der Waals surface area contributed by atoms with Gasteiger partial charge in [-0.3, -0.25) is 14.7 Å². The number of ketones is 1. The zero-order valence-electron chi connectivity index (χ0n) is 16.4. The number of nitrogens with zero attached hydrogens (tertiary/aromatic N) is 4. The predicted octanol–water partition coefficient (Wildman–Crippen LogP) is 4.86. The summed E-state index contributed by atoms with van der Waals surface area (Å²) in [5.41, 5.74) is 5.78.